The molecular weight excluding hydrogens is 324 g/mol. The first-order chi connectivity index (χ1) is 12.7. The molecule has 1 atom stereocenters. The van der Waals surface area contributed by atoms with Crippen molar-refractivity contribution in [1.29, 1.82) is 0 Å². The Morgan fingerprint density at radius 1 is 1.04 bits per heavy atom. The third-order valence-electron chi connectivity index (χ3n) is 5.13. The predicted octanol–water partition coefficient (Wildman–Crippen LogP) is 4.23. The first-order valence-electron chi connectivity index (χ1n) is 9.30. The number of amides is 1. The van der Waals surface area contributed by atoms with E-state index in [0.717, 1.165) is 29.8 Å². The second-order valence-electron chi connectivity index (χ2n) is 6.90. The number of fused-ring (bicyclic) bond motifs is 1. The Morgan fingerprint density at radius 2 is 1.77 bits per heavy atom. The maximum Gasteiger partial charge on any atom is 0.247 e. The van der Waals surface area contributed by atoms with Gasteiger partial charge in [-0.05, 0) is 62.6 Å². The van der Waals surface area contributed by atoms with Crippen molar-refractivity contribution in [3.05, 3.63) is 54.9 Å². The van der Waals surface area contributed by atoms with E-state index in [1.807, 2.05) is 47.9 Å². The number of carbonyl (C=O) groups excluding carboxylic acids is 1. The second kappa shape index (κ2) is 7.20. The number of aromatic nitrogens is 2. The van der Waals surface area contributed by atoms with E-state index in [1.165, 1.54) is 24.9 Å². The number of piperidine rings is 1. The van der Waals surface area contributed by atoms with Gasteiger partial charge in [-0.25, -0.2) is 4.98 Å². The van der Waals surface area contributed by atoms with Crippen LogP contribution in [-0.2, 0) is 4.79 Å². The van der Waals surface area contributed by atoms with Crippen LogP contribution in [0.2, 0.25) is 0 Å². The van der Waals surface area contributed by atoms with Crippen LogP contribution in [0.3, 0.4) is 0 Å². The molecule has 0 radical (unpaired) electrons. The van der Waals surface area contributed by atoms with Crippen LogP contribution in [0.25, 0.3) is 11.0 Å². The molecular formula is C21H24N4O. The number of rotatable bonds is 4. The highest BCUT2D eigenvalue weighted by atomic mass is 16.2. The summed E-state index contributed by atoms with van der Waals surface area (Å²) in [4.78, 5) is 19.5. The lowest BCUT2D eigenvalue weighted by Crippen LogP contribution is -2.29. The average Bonchev–Trinajstić information content (AvgIpc) is 3.13. The molecule has 5 heteroatoms. The first-order valence-corrected chi connectivity index (χ1v) is 9.30. The molecule has 1 saturated heterocycles. The van der Waals surface area contributed by atoms with Crippen LogP contribution < -0.4 is 10.2 Å². The van der Waals surface area contributed by atoms with Gasteiger partial charge < -0.3 is 14.8 Å². The molecule has 1 unspecified atom stereocenters. The summed E-state index contributed by atoms with van der Waals surface area (Å²) in [6.45, 7) is 4.14. The van der Waals surface area contributed by atoms with Crippen LogP contribution >= 0.6 is 0 Å². The molecule has 4 rings (SSSR count). The molecule has 134 valence electrons. The fourth-order valence-electron chi connectivity index (χ4n) is 3.57. The number of para-hydroxylation sites is 2. The van der Waals surface area contributed by atoms with Crippen molar-refractivity contribution in [1.82, 2.24) is 9.55 Å². The molecule has 1 fully saturated rings. The summed E-state index contributed by atoms with van der Waals surface area (Å²) in [5.41, 5.74) is 3.93. The summed E-state index contributed by atoms with van der Waals surface area (Å²) in [6, 6.07) is 15.7. The van der Waals surface area contributed by atoms with Crippen LogP contribution in [0.5, 0.6) is 0 Å². The maximum atomic E-state index is 12.7. The molecule has 1 N–H and O–H groups in total. The van der Waals surface area contributed by atoms with Gasteiger partial charge in [0.2, 0.25) is 5.91 Å². The van der Waals surface area contributed by atoms with E-state index < -0.39 is 0 Å². The van der Waals surface area contributed by atoms with E-state index in [0.29, 0.717) is 0 Å². The number of nitrogens with zero attached hydrogens (tertiary/aromatic N) is 3. The fraction of sp³-hybridized carbons (Fsp3) is 0.333. The topological polar surface area (TPSA) is 50.2 Å². The highest BCUT2D eigenvalue weighted by molar-refractivity contribution is 5.94. The third-order valence-corrected chi connectivity index (χ3v) is 5.13. The van der Waals surface area contributed by atoms with Crippen molar-refractivity contribution >= 4 is 28.3 Å². The fourth-order valence-corrected chi connectivity index (χ4v) is 3.57. The van der Waals surface area contributed by atoms with E-state index in [-0.39, 0.29) is 11.9 Å². The molecule has 2 heterocycles. The summed E-state index contributed by atoms with van der Waals surface area (Å²) in [5, 5.41) is 3.02. The van der Waals surface area contributed by atoms with Crippen LogP contribution in [0, 0.1) is 0 Å². The largest absolute Gasteiger partial charge is 0.372 e. The van der Waals surface area contributed by atoms with E-state index in [2.05, 4.69) is 27.3 Å². The van der Waals surface area contributed by atoms with Crippen molar-refractivity contribution in [2.75, 3.05) is 23.3 Å². The third kappa shape index (κ3) is 3.29. The quantitative estimate of drug-likeness (QED) is 0.768. The Bertz CT molecular complexity index is 894. The van der Waals surface area contributed by atoms with Crippen molar-refractivity contribution in [2.45, 2.75) is 32.2 Å². The number of hydrogen-bond acceptors (Lipinski definition) is 3. The van der Waals surface area contributed by atoms with E-state index in [9.17, 15) is 4.79 Å². The second-order valence-corrected chi connectivity index (χ2v) is 6.90. The molecule has 0 aliphatic carbocycles. The van der Waals surface area contributed by atoms with Crippen molar-refractivity contribution < 1.29 is 4.79 Å². The Morgan fingerprint density at radius 3 is 2.54 bits per heavy atom. The highest BCUT2D eigenvalue weighted by Gasteiger charge is 2.17. The molecule has 5 nitrogen and oxygen atoms in total. The molecule has 26 heavy (non-hydrogen) atoms. The number of carbonyl (C=O) groups is 1. The van der Waals surface area contributed by atoms with Crippen molar-refractivity contribution in [3.8, 4) is 0 Å². The molecule has 3 aromatic rings. The normalized spacial score (nSPS) is 15.8. The predicted molar refractivity (Wildman–Crippen MR) is 106 cm³/mol. The van der Waals surface area contributed by atoms with Gasteiger partial charge in [0.15, 0.2) is 0 Å². The number of imidazole rings is 1. The monoisotopic (exact) mass is 348 g/mol. The zero-order valence-corrected chi connectivity index (χ0v) is 15.1. The van der Waals surface area contributed by atoms with E-state index >= 15 is 0 Å². The number of nitrogens with one attached hydrogen (secondary N) is 1. The standard InChI is InChI=1S/C21H24N4O/c1-16(25-15-22-19-7-3-4-8-20(19)25)21(26)23-17-9-11-18(12-10-17)24-13-5-2-6-14-24/h3-4,7-12,15-16H,2,5-6,13-14H2,1H3,(H,23,26). The van der Waals surface area contributed by atoms with Crippen LogP contribution in [0.15, 0.2) is 54.9 Å². The number of hydrogen-bond donors (Lipinski definition) is 1. The van der Waals surface area contributed by atoms with Gasteiger partial charge in [0, 0.05) is 24.5 Å². The smallest absolute Gasteiger partial charge is 0.247 e. The minimum atomic E-state index is -0.329. The van der Waals surface area contributed by atoms with Gasteiger partial charge in [-0.3, -0.25) is 4.79 Å². The van der Waals surface area contributed by atoms with Crippen molar-refractivity contribution in [2.24, 2.45) is 0 Å². The summed E-state index contributed by atoms with van der Waals surface area (Å²) in [6.07, 6.45) is 5.57. The van der Waals surface area contributed by atoms with Gasteiger partial charge >= 0.3 is 0 Å². The van der Waals surface area contributed by atoms with Gasteiger partial charge in [-0.15, -0.1) is 0 Å². The molecule has 0 saturated carbocycles. The Labute approximate surface area is 153 Å². The van der Waals surface area contributed by atoms with Crippen LogP contribution in [0.1, 0.15) is 32.2 Å². The summed E-state index contributed by atoms with van der Waals surface area (Å²) in [5.74, 6) is -0.0427. The van der Waals surface area contributed by atoms with Crippen LogP contribution in [0.4, 0.5) is 11.4 Å². The summed E-state index contributed by atoms with van der Waals surface area (Å²) in [7, 11) is 0. The van der Waals surface area contributed by atoms with Gasteiger partial charge in [0.05, 0.1) is 17.4 Å². The lowest BCUT2D eigenvalue weighted by Gasteiger charge is -2.28. The average molecular weight is 348 g/mol. The lowest BCUT2D eigenvalue weighted by molar-refractivity contribution is -0.118. The Kier molecular flexibility index (Phi) is 4.61. The molecule has 0 bridgehead atoms. The molecule has 1 aromatic heterocycles. The van der Waals surface area contributed by atoms with Gasteiger partial charge in [-0.2, -0.15) is 0 Å². The lowest BCUT2D eigenvalue weighted by atomic mass is 10.1. The van der Waals surface area contributed by atoms with Gasteiger partial charge in [0.25, 0.3) is 0 Å². The molecule has 2 aromatic carbocycles. The maximum absolute atomic E-state index is 12.7. The molecule has 1 aliphatic rings. The van der Waals surface area contributed by atoms with E-state index in [1.54, 1.807) is 6.33 Å². The molecule has 1 aliphatic heterocycles. The zero-order chi connectivity index (χ0) is 17.9. The van der Waals surface area contributed by atoms with Gasteiger partial charge in [-0.1, -0.05) is 12.1 Å². The number of anilines is 2. The summed E-state index contributed by atoms with van der Waals surface area (Å²) < 4.78 is 1.91. The summed E-state index contributed by atoms with van der Waals surface area (Å²) >= 11 is 0. The number of benzene rings is 2. The van der Waals surface area contributed by atoms with Crippen molar-refractivity contribution in [3.63, 3.8) is 0 Å². The van der Waals surface area contributed by atoms with Crippen LogP contribution in [-0.4, -0.2) is 28.5 Å². The van der Waals surface area contributed by atoms with Gasteiger partial charge in [0.1, 0.15) is 6.04 Å². The minimum Gasteiger partial charge on any atom is -0.372 e. The molecule has 0 spiro atoms. The first kappa shape index (κ1) is 16.6. The zero-order valence-electron chi connectivity index (χ0n) is 15.1. The SMILES string of the molecule is CC(C(=O)Nc1ccc(N2CCCCC2)cc1)n1cnc2ccccc21. The molecule has 1 amide bonds. The highest BCUT2D eigenvalue weighted by Crippen LogP contribution is 2.23. The van der Waals surface area contributed by atoms with E-state index in [4.69, 9.17) is 0 Å². The Hall–Kier alpha value is -2.82. The Balaban J connectivity index is 1.45. The minimum absolute atomic E-state index is 0.0427.